The highest BCUT2D eigenvalue weighted by atomic mass is 16.5. The van der Waals surface area contributed by atoms with Gasteiger partial charge in [-0.25, -0.2) is 0 Å². The molecule has 2 heterocycles. The van der Waals surface area contributed by atoms with Gasteiger partial charge in [0.15, 0.2) is 0 Å². The molecule has 0 saturated carbocycles. The molecule has 0 amide bonds. The Hall–Kier alpha value is -1.11. The number of anilines is 1. The third kappa shape index (κ3) is 3.96. The van der Waals surface area contributed by atoms with Crippen molar-refractivity contribution in [1.82, 2.24) is 15.1 Å². The number of morpholine rings is 1. The highest BCUT2D eigenvalue weighted by molar-refractivity contribution is 5.50. The van der Waals surface area contributed by atoms with Crippen LogP contribution in [0.25, 0.3) is 0 Å². The minimum absolute atomic E-state index is 0.248. The van der Waals surface area contributed by atoms with Crippen LogP contribution in [0.1, 0.15) is 25.1 Å². The van der Waals surface area contributed by atoms with Crippen molar-refractivity contribution in [3.8, 4) is 0 Å². The Balaban J connectivity index is 2.13. The molecule has 1 aromatic heterocycles. The lowest BCUT2D eigenvalue weighted by molar-refractivity contribution is -0.00570. The first kappa shape index (κ1) is 16.3. The first-order chi connectivity index (χ1) is 10.0. The van der Waals surface area contributed by atoms with Crippen molar-refractivity contribution in [3.05, 3.63) is 11.3 Å². The van der Waals surface area contributed by atoms with E-state index in [9.17, 15) is 0 Å². The normalized spacial score (nSPS) is 22.8. The first-order valence-corrected chi connectivity index (χ1v) is 7.65. The van der Waals surface area contributed by atoms with Gasteiger partial charge in [0.25, 0.3) is 0 Å². The largest absolute Gasteiger partial charge is 0.383 e. The standard InChI is InChI=1S/C15H28N4O2/c1-11-9-19(10-12(2)21-11)15-14(8-16-6-7-20-5)13(3)17-18(15)4/h11-12,16H,6-10H2,1-5H3. The second kappa shape index (κ2) is 7.24. The van der Waals surface area contributed by atoms with Crippen LogP contribution in [0, 0.1) is 6.92 Å². The van der Waals surface area contributed by atoms with Gasteiger partial charge in [-0.2, -0.15) is 5.10 Å². The third-order valence-electron chi connectivity index (χ3n) is 3.82. The molecule has 2 rings (SSSR count). The first-order valence-electron chi connectivity index (χ1n) is 7.65. The van der Waals surface area contributed by atoms with E-state index < -0.39 is 0 Å². The molecule has 2 atom stereocenters. The van der Waals surface area contributed by atoms with Gasteiger partial charge in [0.1, 0.15) is 5.82 Å². The van der Waals surface area contributed by atoms with Crippen molar-refractivity contribution in [2.45, 2.75) is 39.5 Å². The highest BCUT2D eigenvalue weighted by Crippen LogP contribution is 2.26. The molecule has 0 radical (unpaired) electrons. The monoisotopic (exact) mass is 296 g/mol. The summed E-state index contributed by atoms with van der Waals surface area (Å²) in [5, 5.41) is 8.02. The van der Waals surface area contributed by atoms with Gasteiger partial charge < -0.3 is 19.7 Å². The van der Waals surface area contributed by atoms with Gasteiger partial charge in [-0.05, 0) is 20.8 Å². The van der Waals surface area contributed by atoms with Crippen LogP contribution in [-0.2, 0) is 23.1 Å². The van der Waals surface area contributed by atoms with Crippen LogP contribution in [-0.4, -0.2) is 55.3 Å². The van der Waals surface area contributed by atoms with E-state index in [0.717, 1.165) is 38.5 Å². The van der Waals surface area contributed by atoms with Crippen LogP contribution in [0.3, 0.4) is 0 Å². The summed E-state index contributed by atoms with van der Waals surface area (Å²) in [5.41, 5.74) is 2.36. The molecule has 1 fully saturated rings. The number of methoxy groups -OCH3 is 1. The van der Waals surface area contributed by atoms with Gasteiger partial charge in [0, 0.05) is 45.9 Å². The zero-order chi connectivity index (χ0) is 15.4. The maximum atomic E-state index is 5.83. The zero-order valence-corrected chi connectivity index (χ0v) is 13.8. The molecule has 1 aromatic rings. The molecule has 6 nitrogen and oxygen atoms in total. The average molecular weight is 296 g/mol. The van der Waals surface area contributed by atoms with Crippen molar-refractivity contribution < 1.29 is 9.47 Å². The highest BCUT2D eigenvalue weighted by Gasteiger charge is 2.27. The van der Waals surface area contributed by atoms with Gasteiger partial charge >= 0.3 is 0 Å². The topological polar surface area (TPSA) is 51.5 Å². The third-order valence-corrected chi connectivity index (χ3v) is 3.82. The van der Waals surface area contributed by atoms with E-state index in [2.05, 4.69) is 36.1 Å². The van der Waals surface area contributed by atoms with E-state index in [1.165, 1.54) is 11.4 Å². The molecule has 2 unspecified atom stereocenters. The maximum absolute atomic E-state index is 5.83. The number of hydrogen-bond donors (Lipinski definition) is 1. The second-order valence-electron chi connectivity index (χ2n) is 5.84. The van der Waals surface area contributed by atoms with Gasteiger partial charge in [-0.1, -0.05) is 0 Å². The summed E-state index contributed by atoms with van der Waals surface area (Å²) < 4.78 is 12.9. The predicted molar refractivity (Wildman–Crippen MR) is 83.7 cm³/mol. The number of nitrogens with one attached hydrogen (secondary N) is 1. The van der Waals surface area contributed by atoms with E-state index in [0.29, 0.717) is 0 Å². The molecule has 1 aliphatic rings. The van der Waals surface area contributed by atoms with E-state index in [1.54, 1.807) is 7.11 Å². The summed E-state index contributed by atoms with van der Waals surface area (Å²) in [6, 6.07) is 0. The molecule has 21 heavy (non-hydrogen) atoms. The second-order valence-corrected chi connectivity index (χ2v) is 5.84. The van der Waals surface area contributed by atoms with E-state index in [-0.39, 0.29) is 12.2 Å². The molecule has 0 bridgehead atoms. The fourth-order valence-electron chi connectivity index (χ4n) is 3.03. The van der Waals surface area contributed by atoms with Crippen LogP contribution in [0.5, 0.6) is 0 Å². The van der Waals surface area contributed by atoms with E-state index in [4.69, 9.17) is 9.47 Å². The fourth-order valence-corrected chi connectivity index (χ4v) is 3.03. The number of rotatable bonds is 6. The molecular formula is C15H28N4O2. The van der Waals surface area contributed by atoms with Crippen LogP contribution < -0.4 is 10.2 Å². The molecule has 0 aliphatic carbocycles. The Morgan fingerprint density at radius 2 is 2.00 bits per heavy atom. The molecule has 6 heteroatoms. The average Bonchev–Trinajstić information content (AvgIpc) is 2.68. The maximum Gasteiger partial charge on any atom is 0.131 e. The molecule has 1 N–H and O–H groups in total. The van der Waals surface area contributed by atoms with Crippen molar-refractivity contribution in [2.24, 2.45) is 7.05 Å². The minimum Gasteiger partial charge on any atom is -0.383 e. The van der Waals surface area contributed by atoms with Crippen molar-refractivity contribution in [2.75, 3.05) is 38.3 Å². The van der Waals surface area contributed by atoms with Gasteiger partial charge in [0.2, 0.25) is 0 Å². The molecule has 1 aliphatic heterocycles. The SMILES string of the molecule is COCCNCc1c(C)nn(C)c1N1CC(C)OC(C)C1. The Kier molecular flexibility index (Phi) is 5.61. The number of aromatic nitrogens is 2. The Morgan fingerprint density at radius 1 is 1.33 bits per heavy atom. The predicted octanol–water partition coefficient (Wildman–Crippen LogP) is 1.08. The molecule has 0 aromatic carbocycles. The van der Waals surface area contributed by atoms with Crippen LogP contribution in [0.4, 0.5) is 5.82 Å². The summed E-state index contributed by atoms with van der Waals surface area (Å²) in [5.74, 6) is 1.21. The van der Waals surface area contributed by atoms with Crippen LogP contribution >= 0.6 is 0 Å². The molecule has 1 saturated heterocycles. The zero-order valence-electron chi connectivity index (χ0n) is 13.8. The summed E-state index contributed by atoms with van der Waals surface area (Å²) in [6.45, 7) is 10.5. The Bertz CT molecular complexity index is 451. The van der Waals surface area contributed by atoms with Crippen molar-refractivity contribution in [3.63, 3.8) is 0 Å². The van der Waals surface area contributed by atoms with Crippen molar-refractivity contribution >= 4 is 5.82 Å². The molecular weight excluding hydrogens is 268 g/mol. The molecule has 120 valence electrons. The minimum atomic E-state index is 0.248. The van der Waals surface area contributed by atoms with Crippen LogP contribution in [0.15, 0.2) is 0 Å². The van der Waals surface area contributed by atoms with Crippen LogP contribution in [0.2, 0.25) is 0 Å². The lowest BCUT2D eigenvalue weighted by atomic mass is 10.1. The van der Waals surface area contributed by atoms with Crippen molar-refractivity contribution in [1.29, 1.82) is 0 Å². The number of aryl methyl sites for hydroxylation is 2. The molecule has 0 spiro atoms. The summed E-state index contributed by atoms with van der Waals surface area (Å²) in [7, 11) is 3.74. The van der Waals surface area contributed by atoms with E-state index >= 15 is 0 Å². The fraction of sp³-hybridized carbons (Fsp3) is 0.800. The van der Waals surface area contributed by atoms with E-state index in [1.807, 2.05) is 11.7 Å². The Morgan fingerprint density at radius 3 is 2.62 bits per heavy atom. The Labute approximate surface area is 127 Å². The van der Waals surface area contributed by atoms with Gasteiger partial charge in [0.05, 0.1) is 24.5 Å². The van der Waals surface area contributed by atoms with Gasteiger partial charge in [-0.15, -0.1) is 0 Å². The number of nitrogens with zero attached hydrogens (tertiary/aromatic N) is 3. The number of ether oxygens (including phenoxy) is 2. The number of hydrogen-bond acceptors (Lipinski definition) is 5. The summed E-state index contributed by atoms with van der Waals surface area (Å²) in [6.07, 6.45) is 0.497. The van der Waals surface area contributed by atoms with Gasteiger partial charge in [-0.3, -0.25) is 4.68 Å². The quantitative estimate of drug-likeness (QED) is 0.796. The lowest BCUT2D eigenvalue weighted by Gasteiger charge is -2.37. The smallest absolute Gasteiger partial charge is 0.131 e. The summed E-state index contributed by atoms with van der Waals surface area (Å²) in [4.78, 5) is 2.40. The summed E-state index contributed by atoms with van der Waals surface area (Å²) >= 11 is 0. The lowest BCUT2D eigenvalue weighted by Crippen LogP contribution is -2.46.